The first-order valence-corrected chi connectivity index (χ1v) is 6.79. The van der Waals surface area contributed by atoms with Gasteiger partial charge in [0.25, 0.3) is 0 Å². The first kappa shape index (κ1) is 11.9. The molecule has 2 aliphatic carbocycles. The molecule has 16 heavy (non-hydrogen) atoms. The van der Waals surface area contributed by atoms with Crippen molar-refractivity contribution in [3.8, 4) is 0 Å². The number of nitrogens with two attached hydrogens (primary N) is 1. The first-order valence-electron chi connectivity index (χ1n) is 6.79. The van der Waals surface area contributed by atoms with Gasteiger partial charge in [-0.15, -0.1) is 0 Å². The number of amides is 1. The Morgan fingerprint density at radius 3 is 2.56 bits per heavy atom. The third-order valence-electron chi connectivity index (χ3n) is 4.34. The number of carbonyl (C=O) groups excluding carboxylic acids is 1. The molecule has 92 valence electrons. The van der Waals surface area contributed by atoms with E-state index in [4.69, 9.17) is 5.73 Å². The molecule has 0 aliphatic heterocycles. The third kappa shape index (κ3) is 2.76. The molecule has 2 atom stereocenters. The molecule has 0 aromatic rings. The van der Waals surface area contributed by atoms with Gasteiger partial charge in [-0.3, -0.25) is 4.79 Å². The minimum Gasteiger partial charge on any atom is -0.356 e. The topological polar surface area (TPSA) is 55.1 Å². The van der Waals surface area contributed by atoms with Gasteiger partial charge >= 0.3 is 0 Å². The van der Waals surface area contributed by atoms with Crippen LogP contribution in [-0.2, 0) is 4.79 Å². The van der Waals surface area contributed by atoms with Crippen LogP contribution in [0.5, 0.6) is 0 Å². The van der Waals surface area contributed by atoms with Crippen molar-refractivity contribution in [2.75, 3.05) is 13.1 Å². The average Bonchev–Trinajstić information content (AvgIpc) is 2.96. The second-order valence-corrected chi connectivity index (χ2v) is 5.43. The highest BCUT2D eigenvalue weighted by Crippen LogP contribution is 2.31. The molecule has 0 bridgehead atoms. The van der Waals surface area contributed by atoms with Crippen molar-refractivity contribution in [1.29, 1.82) is 0 Å². The largest absolute Gasteiger partial charge is 0.356 e. The summed E-state index contributed by atoms with van der Waals surface area (Å²) in [6.07, 6.45) is 8.63. The Morgan fingerprint density at radius 2 is 1.88 bits per heavy atom. The summed E-state index contributed by atoms with van der Waals surface area (Å²) in [5.74, 6) is 1.64. The minimum atomic E-state index is 0.200. The maximum Gasteiger partial charge on any atom is 0.223 e. The number of carbonyl (C=O) groups is 1. The second kappa shape index (κ2) is 5.67. The molecule has 0 aromatic heterocycles. The third-order valence-corrected chi connectivity index (χ3v) is 4.34. The molecule has 3 nitrogen and oxygen atoms in total. The molecule has 0 heterocycles. The van der Waals surface area contributed by atoms with Crippen LogP contribution in [0.4, 0.5) is 0 Å². The van der Waals surface area contributed by atoms with E-state index >= 15 is 0 Å². The summed E-state index contributed by atoms with van der Waals surface area (Å²) in [4.78, 5) is 12.0. The highest BCUT2D eigenvalue weighted by Gasteiger charge is 2.32. The molecule has 2 saturated carbocycles. The van der Waals surface area contributed by atoms with Gasteiger partial charge in [0, 0.05) is 12.5 Å². The fourth-order valence-corrected chi connectivity index (χ4v) is 3.25. The quantitative estimate of drug-likeness (QED) is 0.763. The summed E-state index contributed by atoms with van der Waals surface area (Å²) in [5, 5.41) is 3.14. The van der Waals surface area contributed by atoms with E-state index in [0.717, 1.165) is 25.3 Å². The van der Waals surface area contributed by atoms with E-state index < -0.39 is 0 Å². The predicted molar refractivity (Wildman–Crippen MR) is 64.9 cm³/mol. The zero-order valence-corrected chi connectivity index (χ0v) is 10.1. The van der Waals surface area contributed by atoms with Crippen molar-refractivity contribution in [3.05, 3.63) is 0 Å². The molecule has 3 heteroatoms. The molecule has 3 N–H and O–H groups in total. The van der Waals surface area contributed by atoms with Gasteiger partial charge in [-0.2, -0.15) is 0 Å². The highest BCUT2D eigenvalue weighted by molar-refractivity contribution is 5.79. The van der Waals surface area contributed by atoms with Crippen molar-refractivity contribution >= 4 is 5.91 Å². The van der Waals surface area contributed by atoms with Gasteiger partial charge in [0.2, 0.25) is 5.91 Å². The Morgan fingerprint density at radius 1 is 1.12 bits per heavy atom. The molecule has 0 radical (unpaired) electrons. The molecule has 2 aliphatic rings. The van der Waals surface area contributed by atoms with Gasteiger partial charge in [0.1, 0.15) is 0 Å². The van der Waals surface area contributed by atoms with Crippen LogP contribution in [0.15, 0.2) is 0 Å². The molecule has 0 spiro atoms. The Hall–Kier alpha value is -0.570. The fraction of sp³-hybridized carbons (Fsp3) is 0.923. The summed E-state index contributed by atoms with van der Waals surface area (Å²) < 4.78 is 0. The van der Waals surface area contributed by atoms with E-state index in [0.29, 0.717) is 12.5 Å². The Kier molecular flexibility index (Phi) is 4.22. The standard InChI is InChI=1S/C13H24N2O/c14-8-11-6-3-7-12(11)13(16)15-9-10-4-1-2-5-10/h10-12H,1-9,14H2,(H,15,16). The van der Waals surface area contributed by atoms with E-state index in [1.54, 1.807) is 0 Å². The number of hydrogen-bond acceptors (Lipinski definition) is 2. The van der Waals surface area contributed by atoms with Crippen molar-refractivity contribution in [1.82, 2.24) is 5.32 Å². The lowest BCUT2D eigenvalue weighted by atomic mass is 9.95. The van der Waals surface area contributed by atoms with E-state index in [2.05, 4.69) is 5.32 Å². The van der Waals surface area contributed by atoms with Crippen LogP contribution < -0.4 is 11.1 Å². The fourth-order valence-electron chi connectivity index (χ4n) is 3.25. The number of hydrogen-bond donors (Lipinski definition) is 2. The normalized spacial score (nSPS) is 30.8. The Balaban J connectivity index is 1.74. The molecule has 1 amide bonds. The second-order valence-electron chi connectivity index (χ2n) is 5.43. The van der Waals surface area contributed by atoms with E-state index in [-0.39, 0.29) is 11.8 Å². The summed E-state index contributed by atoms with van der Waals surface area (Å²) in [6.45, 7) is 1.56. The Bertz CT molecular complexity index is 236. The zero-order valence-electron chi connectivity index (χ0n) is 10.1. The lowest BCUT2D eigenvalue weighted by Crippen LogP contribution is -2.37. The lowest BCUT2D eigenvalue weighted by molar-refractivity contribution is -0.126. The molecule has 0 saturated heterocycles. The monoisotopic (exact) mass is 224 g/mol. The van der Waals surface area contributed by atoms with Gasteiger partial charge < -0.3 is 11.1 Å². The van der Waals surface area contributed by atoms with Crippen molar-refractivity contribution in [2.24, 2.45) is 23.5 Å². The molecule has 2 fully saturated rings. The maximum absolute atomic E-state index is 12.0. The summed E-state index contributed by atoms with van der Waals surface area (Å²) in [6, 6.07) is 0. The van der Waals surface area contributed by atoms with Gasteiger partial charge in [-0.05, 0) is 44.1 Å². The Labute approximate surface area is 98.2 Å². The highest BCUT2D eigenvalue weighted by atomic mass is 16.1. The number of rotatable bonds is 4. The van der Waals surface area contributed by atoms with E-state index in [1.165, 1.54) is 32.1 Å². The zero-order chi connectivity index (χ0) is 11.4. The summed E-state index contributed by atoms with van der Waals surface area (Å²) in [5.41, 5.74) is 5.70. The van der Waals surface area contributed by atoms with E-state index in [9.17, 15) is 4.79 Å². The van der Waals surface area contributed by atoms with Crippen LogP contribution in [0.25, 0.3) is 0 Å². The van der Waals surface area contributed by atoms with Crippen LogP contribution in [-0.4, -0.2) is 19.0 Å². The number of nitrogens with one attached hydrogen (secondary N) is 1. The maximum atomic E-state index is 12.0. The molecule has 2 unspecified atom stereocenters. The molecular weight excluding hydrogens is 200 g/mol. The van der Waals surface area contributed by atoms with Crippen molar-refractivity contribution in [3.63, 3.8) is 0 Å². The molecule has 2 rings (SSSR count). The van der Waals surface area contributed by atoms with Gasteiger partial charge in [0.15, 0.2) is 0 Å². The van der Waals surface area contributed by atoms with Gasteiger partial charge in [-0.1, -0.05) is 19.3 Å². The SMILES string of the molecule is NCC1CCCC1C(=O)NCC1CCCC1. The van der Waals surface area contributed by atoms with Gasteiger partial charge in [0.05, 0.1) is 0 Å². The van der Waals surface area contributed by atoms with Crippen LogP contribution in [0.1, 0.15) is 44.9 Å². The van der Waals surface area contributed by atoms with Gasteiger partial charge in [-0.25, -0.2) is 0 Å². The minimum absolute atomic E-state index is 0.200. The van der Waals surface area contributed by atoms with Crippen LogP contribution >= 0.6 is 0 Å². The summed E-state index contributed by atoms with van der Waals surface area (Å²) >= 11 is 0. The van der Waals surface area contributed by atoms with Crippen LogP contribution in [0.3, 0.4) is 0 Å². The van der Waals surface area contributed by atoms with Crippen molar-refractivity contribution < 1.29 is 4.79 Å². The smallest absolute Gasteiger partial charge is 0.223 e. The summed E-state index contributed by atoms with van der Waals surface area (Å²) in [7, 11) is 0. The first-order chi connectivity index (χ1) is 7.81. The van der Waals surface area contributed by atoms with Crippen LogP contribution in [0, 0.1) is 17.8 Å². The average molecular weight is 224 g/mol. The molecular formula is C13H24N2O. The van der Waals surface area contributed by atoms with Crippen molar-refractivity contribution in [2.45, 2.75) is 44.9 Å². The van der Waals surface area contributed by atoms with E-state index in [1.807, 2.05) is 0 Å². The van der Waals surface area contributed by atoms with Crippen LogP contribution in [0.2, 0.25) is 0 Å². The lowest BCUT2D eigenvalue weighted by Gasteiger charge is -2.18. The molecule has 0 aromatic carbocycles. The predicted octanol–water partition coefficient (Wildman–Crippen LogP) is 1.67.